The fraction of sp³-hybridized carbons (Fsp3) is 1.00. The monoisotopic (exact) mass is 274 g/mol. The predicted molar refractivity (Wildman–Crippen MR) is 57.2 cm³/mol. The van der Waals surface area contributed by atoms with Crippen LogP contribution in [0.5, 0.6) is 0 Å². The second-order valence-corrected chi connectivity index (χ2v) is 6.24. The highest BCUT2D eigenvalue weighted by atomic mass is 32.2. The SMILES string of the molecule is O=S(=O)(O)C(CCC(F)(F)F)C1CCCCC1. The van der Waals surface area contributed by atoms with Crippen molar-refractivity contribution in [3.63, 3.8) is 0 Å². The average Bonchev–Trinajstić information content (AvgIpc) is 2.15. The maximum absolute atomic E-state index is 12.1. The highest BCUT2D eigenvalue weighted by molar-refractivity contribution is 7.86. The Hall–Kier alpha value is -0.300. The Morgan fingerprint density at radius 2 is 1.71 bits per heavy atom. The molecule has 1 unspecified atom stereocenters. The van der Waals surface area contributed by atoms with Crippen molar-refractivity contribution in [2.24, 2.45) is 5.92 Å². The second kappa shape index (κ2) is 5.56. The lowest BCUT2D eigenvalue weighted by Crippen LogP contribution is -2.32. The lowest BCUT2D eigenvalue weighted by Gasteiger charge is -2.28. The molecule has 0 bridgehead atoms. The number of hydrogen-bond acceptors (Lipinski definition) is 2. The highest BCUT2D eigenvalue weighted by Crippen LogP contribution is 2.34. The van der Waals surface area contributed by atoms with Crippen LogP contribution in [0.15, 0.2) is 0 Å². The number of halogens is 3. The summed E-state index contributed by atoms with van der Waals surface area (Å²) in [5, 5.41) is -1.26. The van der Waals surface area contributed by atoms with E-state index in [1.54, 1.807) is 0 Å². The van der Waals surface area contributed by atoms with Gasteiger partial charge in [0.15, 0.2) is 0 Å². The van der Waals surface area contributed by atoms with Gasteiger partial charge in [-0.2, -0.15) is 21.6 Å². The molecule has 1 rings (SSSR count). The van der Waals surface area contributed by atoms with Crippen molar-refractivity contribution in [3.05, 3.63) is 0 Å². The summed E-state index contributed by atoms with van der Waals surface area (Å²) in [6.07, 6.45) is -2.28. The largest absolute Gasteiger partial charge is 0.389 e. The zero-order valence-electron chi connectivity index (χ0n) is 9.41. The Kier molecular flexibility index (Phi) is 4.83. The molecule has 1 saturated carbocycles. The van der Waals surface area contributed by atoms with E-state index in [0.29, 0.717) is 12.8 Å². The van der Waals surface area contributed by atoms with E-state index >= 15 is 0 Å². The molecule has 0 saturated heterocycles. The lowest BCUT2D eigenvalue weighted by molar-refractivity contribution is -0.136. The van der Waals surface area contributed by atoms with Crippen molar-refractivity contribution in [2.45, 2.75) is 56.4 Å². The van der Waals surface area contributed by atoms with Gasteiger partial charge in [-0.3, -0.25) is 4.55 Å². The third-order valence-corrected chi connectivity index (χ3v) is 4.66. The van der Waals surface area contributed by atoms with Gasteiger partial charge in [0.1, 0.15) is 0 Å². The molecule has 1 aliphatic rings. The van der Waals surface area contributed by atoms with Crippen LogP contribution in [-0.4, -0.2) is 24.4 Å². The summed E-state index contributed by atoms with van der Waals surface area (Å²) in [7, 11) is -4.39. The molecular weight excluding hydrogens is 257 g/mol. The minimum Gasteiger partial charge on any atom is -0.285 e. The van der Waals surface area contributed by atoms with Crippen molar-refractivity contribution < 1.29 is 26.1 Å². The van der Waals surface area contributed by atoms with Gasteiger partial charge in [-0.25, -0.2) is 0 Å². The molecule has 1 fully saturated rings. The fourth-order valence-corrected chi connectivity index (χ4v) is 3.61. The predicted octanol–water partition coefficient (Wildman–Crippen LogP) is 3.17. The van der Waals surface area contributed by atoms with E-state index in [1.165, 1.54) is 0 Å². The van der Waals surface area contributed by atoms with Gasteiger partial charge in [-0.1, -0.05) is 19.3 Å². The molecule has 0 aromatic heterocycles. The zero-order chi connectivity index (χ0) is 13.1. The zero-order valence-corrected chi connectivity index (χ0v) is 10.2. The van der Waals surface area contributed by atoms with E-state index in [1.807, 2.05) is 0 Å². The van der Waals surface area contributed by atoms with Gasteiger partial charge in [-0.05, 0) is 25.2 Å². The van der Waals surface area contributed by atoms with E-state index < -0.39 is 34.4 Å². The quantitative estimate of drug-likeness (QED) is 0.801. The van der Waals surface area contributed by atoms with Crippen LogP contribution >= 0.6 is 0 Å². The van der Waals surface area contributed by atoms with E-state index in [4.69, 9.17) is 4.55 Å². The first-order valence-electron chi connectivity index (χ1n) is 5.73. The maximum atomic E-state index is 12.1. The van der Waals surface area contributed by atoms with Gasteiger partial charge in [0, 0.05) is 6.42 Å². The number of hydrogen-bond donors (Lipinski definition) is 1. The standard InChI is InChI=1S/C10H17F3O3S/c11-10(12,13)7-6-9(17(14,15)16)8-4-2-1-3-5-8/h8-9H,1-7H2,(H,14,15,16). The molecule has 3 nitrogen and oxygen atoms in total. The first-order chi connectivity index (χ1) is 7.70. The molecule has 1 aliphatic carbocycles. The Bertz CT molecular complexity index is 331. The third-order valence-electron chi connectivity index (χ3n) is 3.27. The molecule has 0 aliphatic heterocycles. The van der Waals surface area contributed by atoms with Crippen LogP contribution in [0.1, 0.15) is 44.9 Å². The summed E-state index contributed by atoms with van der Waals surface area (Å²) < 4.78 is 67.6. The molecule has 7 heteroatoms. The summed E-state index contributed by atoms with van der Waals surface area (Å²) in [5.74, 6) is -0.332. The summed E-state index contributed by atoms with van der Waals surface area (Å²) in [6, 6.07) is 0. The van der Waals surface area contributed by atoms with E-state index in [0.717, 1.165) is 19.3 Å². The molecule has 0 heterocycles. The Balaban J connectivity index is 2.67. The fourth-order valence-electron chi connectivity index (χ4n) is 2.44. The average molecular weight is 274 g/mol. The highest BCUT2D eigenvalue weighted by Gasteiger charge is 2.37. The van der Waals surface area contributed by atoms with Gasteiger partial charge in [-0.15, -0.1) is 0 Å². The minimum absolute atomic E-state index is 0.332. The van der Waals surface area contributed by atoms with Crippen molar-refractivity contribution in [2.75, 3.05) is 0 Å². The third kappa shape index (κ3) is 5.25. The van der Waals surface area contributed by atoms with Gasteiger partial charge >= 0.3 is 6.18 Å². The molecule has 0 radical (unpaired) electrons. The summed E-state index contributed by atoms with van der Waals surface area (Å²) in [4.78, 5) is 0. The van der Waals surface area contributed by atoms with E-state index in [2.05, 4.69) is 0 Å². The van der Waals surface area contributed by atoms with Crippen LogP contribution in [0, 0.1) is 5.92 Å². The smallest absolute Gasteiger partial charge is 0.285 e. The molecule has 102 valence electrons. The first kappa shape index (κ1) is 14.8. The molecular formula is C10H17F3O3S. The first-order valence-corrected chi connectivity index (χ1v) is 7.23. The van der Waals surface area contributed by atoms with E-state index in [-0.39, 0.29) is 5.92 Å². The Labute approximate surface area is 99.1 Å². The second-order valence-electron chi connectivity index (χ2n) is 4.61. The van der Waals surface area contributed by atoms with Crippen molar-refractivity contribution in [1.82, 2.24) is 0 Å². The number of alkyl halides is 3. The Morgan fingerprint density at radius 1 is 1.18 bits per heavy atom. The van der Waals surface area contributed by atoms with Crippen LogP contribution < -0.4 is 0 Å². The normalized spacial score (nSPS) is 21.4. The van der Waals surface area contributed by atoms with Gasteiger partial charge in [0.2, 0.25) is 0 Å². The maximum Gasteiger partial charge on any atom is 0.389 e. The summed E-state index contributed by atoms with van der Waals surface area (Å²) in [5.41, 5.74) is 0. The Morgan fingerprint density at radius 3 is 2.12 bits per heavy atom. The molecule has 0 aromatic carbocycles. The minimum atomic E-state index is -4.39. The molecule has 0 amide bonds. The van der Waals surface area contributed by atoms with Gasteiger partial charge in [0.05, 0.1) is 5.25 Å². The summed E-state index contributed by atoms with van der Waals surface area (Å²) >= 11 is 0. The summed E-state index contributed by atoms with van der Waals surface area (Å²) in [6.45, 7) is 0. The van der Waals surface area contributed by atoms with Crippen molar-refractivity contribution >= 4 is 10.1 Å². The lowest BCUT2D eigenvalue weighted by atomic mass is 9.85. The van der Waals surface area contributed by atoms with Crippen LogP contribution in [-0.2, 0) is 10.1 Å². The van der Waals surface area contributed by atoms with Crippen LogP contribution in [0.3, 0.4) is 0 Å². The molecule has 17 heavy (non-hydrogen) atoms. The molecule has 0 spiro atoms. The van der Waals surface area contributed by atoms with Crippen molar-refractivity contribution in [3.8, 4) is 0 Å². The van der Waals surface area contributed by atoms with Crippen LogP contribution in [0.2, 0.25) is 0 Å². The van der Waals surface area contributed by atoms with Gasteiger partial charge in [0.25, 0.3) is 10.1 Å². The van der Waals surface area contributed by atoms with Crippen molar-refractivity contribution in [1.29, 1.82) is 0 Å². The molecule has 1 atom stereocenters. The number of rotatable bonds is 4. The molecule has 1 N–H and O–H groups in total. The van der Waals surface area contributed by atoms with E-state index in [9.17, 15) is 21.6 Å². The molecule has 0 aromatic rings. The van der Waals surface area contributed by atoms with Gasteiger partial charge < -0.3 is 0 Å². The van der Waals surface area contributed by atoms with Crippen LogP contribution in [0.4, 0.5) is 13.2 Å². The topological polar surface area (TPSA) is 54.4 Å². The van der Waals surface area contributed by atoms with Crippen LogP contribution in [0.25, 0.3) is 0 Å².